The molecule has 0 aliphatic rings. The molecule has 2 N–H and O–H groups in total. The van der Waals surface area contributed by atoms with Crippen LogP contribution in [-0.4, -0.2) is 23.0 Å². The quantitative estimate of drug-likeness (QED) is 0.851. The summed E-state index contributed by atoms with van der Waals surface area (Å²) in [6, 6.07) is 0.503. The lowest BCUT2D eigenvalue weighted by Gasteiger charge is -2.21. The van der Waals surface area contributed by atoms with Crippen molar-refractivity contribution in [1.29, 1.82) is 0 Å². The van der Waals surface area contributed by atoms with Gasteiger partial charge in [0.2, 0.25) is 0 Å². The van der Waals surface area contributed by atoms with E-state index in [9.17, 15) is 9.59 Å². The van der Waals surface area contributed by atoms with E-state index in [1.807, 2.05) is 20.8 Å². The average Bonchev–Trinajstić information content (AvgIpc) is 2.61. The number of carboxylic acid groups (broad SMARTS) is 1. The molecular formula is C13H17Cl2NO3S. The second-order valence-corrected chi connectivity index (χ2v) is 7.99. The minimum absolute atomic E-state index is 0.00175. The Kier molecular flexibility index (Phi) is 5.86. The third-order valence-corrected chi connectivity index (χ3v) is 4.18. The molecule has 1 aromatic heterocycles. The number of amides is 1. The minimum atomic E-state index is -1.06. The number of rotatable bonds is 5. The van der Waals surface area contributed by atoms with Gasteiger partial charge < -0.3 is 10.4 Å². The maximum absolute atomic E-state index is 12.0. The highest BCUT2D eigenvalue weighted by atomic mass is 35.5. The van der Waals surface area contributed by atoms with Crippen LogP contribution in [-0.2, 0) is 4.79 Å². The van der Waals surface area contributed by atoms with Crippen molar-refractivity contribution in [2.24, 2.45) is 5.41 Å². The first-order valence-corrected chi connectivity index (χ1v) is 7.66. The first-order valence-electron chi connectivity index (χ1n) is 6.08. The van der Waals surface area contributed by atoms with Crippen LogP contribution in [0.2, 0.25) is 8.67 Å². The van der Waals surface area contributed by atoms with Gasteiger partial charge in [0.25, 0.3) is 5.91 Å². The van der Waals surface area contributed by atoms with E-state index in [0.29, 0.717) is 17.2 Å². The summed E-state index contributed by atoms with van der Waals surface area (Å²) < 4.78 is 0.647. The number of hydrogen-bond acceptors (Lipinski definition) is 3. The van der Waals surface area contributed by atoms with Crippen LogP contribution in [0.4, 0.5) is 0 Å². The van der Waals surface area contributed by atoms with Crippen molar-refractivity contribution in [3.63, 3.8) is 0 Å². The summed E-state index contributed by atoms with van der Waals surface area (Å²) in [5.41, 5.74) is 0.213. The van der Waals surface area contributed by atoms with Crippen LogP contribution in [0.1, 0.15) is 44.0 Å². The molecule has 4 nitrogen and oxygen atoms in total. The fourth-order valence-corrected chi connectivity index (χ4v) is 3.02. The lowest BCUT2D eigenvalue weighted by atomic mass is 9.88. The molecule has 0 aliphatic heterocycles. The summed E-state index contributed by atoms with van der Waals surface area (Å²) in [6.07, 6.45) is 1.04. The number of nitrogens with one attached hydrogen (secondary N) is 1. The maximum atomic E-state index is 12.0. The summed E-state index contributed by atoms with van der Waals surface area (Å²) in [5.74, 6) is -1.57. The Labute approximate surface area is 132 Å². The summed E-state index contributed by atoms with van der Waals surface area (Å²) >= 11 is 12.7. The lowest BCUT2D eigenvalue weighted by Crippen LogP contribution is -2.41. The maximum Gasteiger partial charge on any atom is 0.326 e. The molecule has 1 rings (SSSR count). The van der Waals surface area contributed by atoms with E-state index in [0.717, 1.165) is 11.3 Å². The molecule has 1 aromatic rings. The van der Waals surface area contributed by atoms with Gasteiger partial charge in [-0.05, 0) is 24.3 Å². The molecule has 0 saturated heterocycles. The number of carbonyl (C=O) groups is 2. The third-order valence-electron chi connectivity index (χ3n) is 2.69. The Balaban J connectivity index is 2.73. The molecule has 20 heavy (non-hydrogen) atoms. The van der Waals surface area contributed by atoms with Crippen molar-refractivity contribution >= 4 is 46.4 Å². The molecular weight excluding hydrogens is 321 g/mol. The fraction of sp³-hybridized carbons (Fsp3) is 0.538. The molecule has 0 bridgehead atoms. The van der Waals surface area contributed by atoms with Crippen LogP contribution in [0.25, 0.3) is 0 Å². The number of aliphatic carboxylic acids is 1. The summed E-state index contributed by atoms with van der Waals surface area (Å²) in [5, 5.41) is 11.7. The van der Waals surface area contributed by atoms with Crippen LogP contribution in [0.15, 0.2) is 6.07 Å². The highest BCUT2D eigenvalue weighted by Gasteiger charge is 2.24. The predicted octanol–water partition coefficient (Wildman–Crippen LogP) is 4.06. The van der Waals surface area contributed by atoms with Gasteiger partial charge in [-0.15, -0.1) is 11.3 Å². The van der Waals surface area contributed by atoms with E-state index in [4.69, 9.17) is 28.3 Å². The Morgan fingerprint density at radius 3 is 2.40 bits per heavy atom. The van der Waals surface area contributed by atoms with E-state index >= 15 is 0 Å². The number of carboxylic acids is 1. The number of hydrogen-bond donors (Lipinski definition) is 2. The molecule has 7 heteroatoms. The largest absolute Gasteiger partial charge is 0.480 e. The van der Waals surface area contributed by atoms with E-state index in [1.165, 1.54) is 6.07 Å². The molecule has 1 atom stereocenters. The van der Waals surface area contributed by atoms with Crippen LogP contribution in [0.3, 0.4) is 0 Å². The Morgan fingerprint density at radius 1 is 1.40 bits per heavy atom. The van der Waals surface area contributed by atoms with Gasteiger partial charge in [-0.25, -0.2) is 4.79 Å². The Hall–Kier alpha value is -0.780. The Bertz CT molecular complexity index is 508. The molecule has 0 aromatic carbocycles. The molecule has 1 unspecified atom stereocenters. The minimum Gasteiger partial charge on any atom is -0.480 e. The van der Waals surface area contributed by atoms with Crippen molar-refractivity contribution in [3.8, 4) is 0 Å². The van der Waals surface area contributed by atoms with Gasteiger partial charge in [0.1, 0.15) is 10.4 Å². The average molecular weight is 338 g/mol. The van der Waals surface area contributed by atoms with Gasteiger partial charge in [0.15, 0.2) is 0 Å². The number of thiophene rings is 1. The Morgan fingerprint density at radius 2 is 2.00 bits per heavy atom. The van der Waals surface area contributed by atoms with Gasteiger partial charge in [0, 0.05) is 0 Å². The van der Waals surface area contributed by atoms with Gasteiger partial charge in [-0.2, -0.15) is 0 Å². The fourth-order valence-electron chi connectivity index (χ4n) is 1.57. The van der Waals surface area contributed by atoms with Crippen molar-refractivity contribution < 1.29 is 14.7 Å². The van der Waals surface area contributed by atoms with E-state index in [1.54, 1.807) is 0 Å². The van der Waals surface area contributed by atoms with Gasteiger partial charge in [-0.3, -0.25) is 4.79 Å². The molecule has 0 fully saturated rings. The van der Waals surface area contributed by atoms with Crippen molar-refractivity contribution in [2.45, 2.75) is 39.7 Å². The molecule has 0 radical (unpaired) electrons. The third kappa shape index (κ3) is 5.31. The van der Waals surface area contributed by atoms with Crippen molar-refractivity contribution in [2.75, 3.05) is 0 Å². The SMILES string of the molecule is CC(C)(C)CCC(NC(=O)c1cc(Cl)sc1Cl)C(=O)O. The molecule has 0 aliphatic carbocycles. The molecule has 112 valence electrons. The summed E-state index contributed by atoms with van der Waals surface area (Å²) in [6.45, 7) is 6.05. The summed E-state index contributed by atoms with van der Waals surface area (Å²) in [7, 11) is 0. The topological polar surface area (TPSA) is 66.4 Å². The predicted molar refractivity (Wildman–Crippen MR) is 81.9 cm³/mol. The first-order chi connectivity index (χ1) is 9.10. The van der Waals surface area contributed by atoms with Crippen LogP contribution in [0, 0.1) is 5.41 Å². The smallest absolute Gasteiger partial charge is 0.326 e. The van der Waals surface area contributed by atoms with Crippen LogP contribution in [0.5, 0.6) is 0 Å². The van der Waals surface area contributed by atoms with E-state index in [-0.39, 0.29) is 15.3 Å². The second kappa shape index (κ2) is 6.78. The highest BCUT2D eigenvalue weighted by Crippen LogP contribution is 2.31. The highest BCUT2D eigenvalue weighted by molar-refractivity contribution is 7.20. The van der Waals surface area contributed by atoms with Gasteiger partial charge >= 0.3 is 5.97 Å². The normalized spacial score (nSPS) is 13.1. The second-order valence-electron chi connectivity index (χ2n) is 5.70. The van der Waals surface area contributed by atoms with Crippen molar-refractivity contribution in [1.82, 2.24) is 5.32 Å². The standard InChI is InChI=1S/C13H17Cl2NO3S/c1-13(2,3)5-4-8(12(18)19)16-11(17)7-6-9(14)20-10(7)15/h6,8H,4-5H2,1-3H3,(H,16,17)(H,18,19). The van der Waals surface area contributed by atoms with Gasteiger partial charge in [0.05, 0.1) is 9.90 Å². The zero-order chi connectivity index (χ0) is 15.5. The molecule has 0 spiro atoms. The number of carbonyl (C=O) groups excluding carboxylic acids is 1. The first kappa shape index (κ1) is 17.3. The van der Waals surface area contributed by atoms with Crippen LogP contribution < -0.4 is 5.32 Å². The molecule has 0 saturated carbocycles. The van der Waals surface area contributed by atoms with E-state index in [2.05, 4.69) is 5.32 Å². The zero-order valence-electron chi connectivity index (χ0n) is 11.5. The zero-order valence-corrected chi connectivity index (χ0v) is 13.8. The number of halogens is 2. The van der Waals surface area contributed by atoms with E-state index < -0.39 is 17.9 Å². The molecule has 1 amide bonds. The summed E-state index contributed by atoms with van der Waals surface area (Å²) in [4.78, 5) is 23.2. The van der Waals surface area contributed by atoms with Crippen LogP contribution >= 0.6 is 34.5 Å². The van der Waals surface area contributed by atoms with Gasteiger partial charge in [-0.1, -0.05) is 44.0 Å². The monoisotopic (exact) mass is 337 g/mol. The molecule has 1 heterocycles. The van der Waals surface area contributed by atoms with Crippen molar-refractivity contribution in [3.05, 3.63) is 20.3 Å². The lowest BCUT2D eigenvalue weighted by molar-refractivity contribution is -0.139.